The summed E-state index contributed by atoms with van der Waals surface area (Å²) in [4.78, 5) is 0. The second-order valence-corrected chi connectivity index (χ2v) is 4.38. The van der Waals surface area contributed by atoms with Crippen LogP contribution in [0, 0.1) is 6.92 Å². The SMILES string of the molecule is Cc1ccc(N)cc1OCc1cccc(Cl)c1. The molecule has 0 unspecified atom stereocenters. The highest BCUT2D eigenvalue weighted by Gasteiger charge is 2.01. The Morgan fingerprint density at radius 2 is 2.00 bits per heavy atom. The van der Waals surface area contributed by atoms with Crippen molar-refractivity contribution < 1.29 is 4.74 Å². The van der Waals surface area contributed by atoms with Crippen LogP contribution in [-0.2, 0) is 6.61 Å². The van der Waals surface area contributed by atoms with E-state index in [1.165, 1.54) is 0 Å². The third kappa shape index (κ3) is 3.14. The zero-order chi connectivity index (χ0) is 12.3. The third-order valence-corrected chi connectivity index (χ3v) is 2.73. The molecule has 0 heterocycles. The van der Waals surface area contributed by atoms with Crippen LogP contribution in [0.5, 0.6) is 5.75 Å². The second kappa shape index (κ2) is 5.11. The van der Waals surface area contributed by atoms with Gasteiger partial charge in [0.05, 0.1) is 0 Å². The summed E-state index contributed by atoms with van der Waals surface area (Å²) >= 11 is 5.91. The van der Waals surface area contributed by atoms with Gasteiger partial charge in [0.2, 0.25) is 0 Å². The Hall–Kier alpha value is -1.67. The van der Waals surface area contributed by atoms with E-state index >= 15 is 0 Å². The number of ether oxygens (including phenoxy) is 1. The molecule has 0 aliphatic heterocycles. The van der Waals surface area contributed by atoms with E-state index in [1.807, 2.05) is 49.4 Å². The van der Waals surface area contributed by atoms with Crippen molar-refractivity contribution in [1.82, 2.24) is 0 Å². The Balaban J connectivity index is 2.09. The monoisotopic (exact) mass is 247 g/mol. The summed E-state index contributed by atoms with van der Waals surface area (Å²) in [6.07, 6.45) is 0. The highest BCUT2D eigenvalue weighted by molar-refractivity contribution is 6.30. The smallest absolute Gasteiger partial charge is 0.124 e. The lowest BCUT2D eigenvalue weighted by Gasteiger charge is -2.10. The molecule has 0 amide bonds. The molecule has 0 bridgehead atoms. The number of rotatable bonds is 3. The van der Waals surface area contributed by atoms with Gasteiger partial charge < -0.3 is 10.5 Å². The first-order chi connectivity index (χ1) is 8.15. The van der Waals surface area contributed by atoms with Gasteiger partial charge in [-0.15, -0.1) is 0 Å². The molecule has 0 atom stereocenters. The molecule has 0 aliphatic rings. The number of benzene rings is 2. The highest BCUT2D eigenvalue weighted by atomic mass is 35.5. The summed E-state index contributed by atoms with van der Waals surface area (Å²) in [6.45, 7) is 2.48. The zero-order valence-electron chi connectivity index (χ0n) is 9.61. The molecule has 0 spiro atoms. The standard InChI is InChI=1S/C14H14ClNO/c1-10-5-6-13(16)8-14(10)17-9-11-3-2-4-12(15)7-11/h2-8H,9,16H2,1H3. The molecule has 0 aromatic heterocycles. The minimum Gasteiger partial charge on any atom is -0.489 e. The molecule has 2 aromatic rings. The number of hydrogen-bond donors (Lipinski definition) is 1. The Morgan fingerprint density at radius 1 is 1.18 bits per heavy atom. The molecular formula is C14H14ClNO. The first kappa shape index (κ1) is 11.8. The van der Waals surface area contributed by atoms with Crippen LogP contribution < -0.4 is 10.5 Å². The van der Waals surface area contributed by atoms with Gasteiger partial charge in [-0.1, -0.05) is 29.8 Å². The van der Waals surface area contributed by atoms with E-state index in [0.29, 0.717) is 12.3 Å². The first-order valence-electron chi connectivity index (χ1n) is 5.38. The maximum absolute atomic E-state index is 5.91. The predicted octanol–water partition coefficient (Wildman–Crippen LogP) is 3.81. The topological polar surface area (TPSA) is 35.2 Å². The summed E-state index contributed by atoms with van der Waals surface area (Å²) < 4.78 is 5.72. The van der Waals surface area contributed by atoms with Gasteiger partial charge in [-0.2, -0.15) is 0 Å². The predicted molar refractivity (Wildman–Crippen MR) is 71.4 cm³/mol. The van der Waals surface area contributed by atoms with Gasteiger partial charge in [0.15, 0.2) is 0 Å². The van der Waals surface area contributed by atoms with Gasteiger partial charge in [0.25, 0.3) is 0 Å². The lowest BCUT2D eigenvalue weighted by molar-refractivity contribution is 0.304. The quantitative estimate of drug-likeness (QED) is 0.837. The minimum absolute atomic E-state index is 0.491. The average molecular weight is 248 g/mol. The fourth-order valence-corrected chi connectivity index (χ4v) is 1.77. The van der Waals surface area contributed by atoms with Crippen LogP contribution in [0.3, 0.4) is 0 Å². The van der Waals surface area contributed by atoms with Crippen molar-refractivity contribution >= 4 is 17.3 Å². The van der Waals surface area contributed by atoms with E-state index in [-0.39, 0.29) is 0 Å². The van der Waals surface area contributed by atoms with Crippen LogP contribution >= 0.6 is 11.6 Å². The Labute approximate surface area is 106 Å². The lowest BCUT2D eigenvalue weighted by Crippen LogP contribution is -1.98. The zero-order valence-corrected chi connectivity index (χ0v) is 10.4. The fraction of sp³-hybridized carbons (Fsp3) is 0.143. The van der Waals surface area contributed by atoms with E-state index in [9.17, 15) is 0 Å². The van der Waals surface area contributed by atoms with Crippen molar-refractivity contribution in [1.29, 1.82) is 0 Å². The number of nitrogens with two attached hydrogens (primary N) is 1. The molecule has 0 fully saturated rings. The summed E-state index contributed by atoms with van der Waals surface area (Å²) in [5.41, 5.74) is 8.54. The van der Waals surface area contributed by atoms with Gasteiger partial charge in [-0.05, 0) is 36.2 Å². The van der Waals surface area contributed by atoms with Gasteiger partial charge in [0.1, 0.15) is 12.4 Å². The van der Waals surface area contributed by atoms with E-state index in [4.69, 9.17) is 22.1 Å². The second-order valence-electron chi connectivity index (χ2n) is 3.94. The number of aryl methyl sites for hydroxylation is 1. The molecule has 3 heteroatoms. The Kier molecular flexibility index (Phi) is 3.55. The van der Waals surface area contributed by atoms with Crippen LogP contribution in [0.15, 0.2) is 42.5 Å². The molecule has 0 aliphatic carbocycles. The summed E-state index contributed by atoms with van der Waals surface area (Å²) in [6, 6.07) is 13.3. The van der Waals surface area contributed by atoms with Crippen molar-refractivity contribution in [2.75, 3.05) is 5.73 Å². The Morgan fingerprint density at radius 3 is 2.76 bits per heavy atom. The maximum atomic E-state index is 5.91. The average Bonchev–Trinajstić information content (AvgIpc) is 2.30. The largest absolute Gasteiger partial charge is 0.489 e. The van der Waals surface area contributed by atoms with Gasteiger partial charge in [0, 0.05) is 16.8 Å². The van der Waals surface area contributed by atoms with Crippen LogP contribution in [-0.4, -0.2) is 0 Å². The molecule has 0 radical (unpaired) electrons. The number of hydrogen-bond acceptors (Lipinski definition) is 2. The molecule has 88 valence electrons. The van der Waals surface area contributed by atoms with E-state index in [1.54, 1.807) is 0 Å². The van der Waals surface area contributed by atoms with Crippen LogP contribution in [0.25, 0.3) is 0 Å². The third-order valence-electron chi connectivity index (χ3n) is 2.50. The summed E-state index contributed by atoms with van der Waals surface area (Å²) in [5.74, 6) is 0.810. The molecule has 2 aromatic carbocycles. The van der Waals surface area contributed by atoms with Crippen LogP contribution in [0.2, 0.25) is 5.02 Å². The van der Waals surface area contributed by atoms with E-state index < -0.39 is 0 Å². The van der Waals surface area contributed by atoms with Crippen molar-refractivity contribution in [3.8, 4) is 5.75 Å². The minimum atomic E-state index is 0.491. The van der Waals surface area contributed by atoms with E-state index in [2.05, 4.69) is 0 Å². The molecule has 2 nitrogen and oxygen atoms in total. The fourth-order valence-electron chi connectivity index (χ4n) is 1.56. The molecule has 2 N–H and O–H groups in total. The van der Waals surface area contributed by atoms with Crippen molar-refractivity contribution in [2.24, 2.45) is 0 Å². The maximum Gasteiger partial charge on any atom is 0.124 e. The van der Waals surface area contributed by atoms with Gasteiger partial charge in [-0.3, -0.25) is 0 Å². The summed E-state index contributed by atoms with van der Waals surface area (Å²) in [5, 5.41) is 0.718. The molecule has 2 rings (SSSR count). The summed E-state index contributed by atoms with van der Waals surface area (Å²) in [7, 11) is 0. The van der Waals surface area contributed by atoms with Crippen LogP contribution in [0.1, 0.15) is 11.1 Å². The van der Waals surface area contributed by atoms with Gasteiger partial charge in [-0.25, -0.2) is 0 Å². The number of nitrogen functional groups attached to an aromatic ring is 1. The lowest BCUT2D eigenvalue weighted by atomic mass is 10.2. The van der Waals surface area contributed by atoms with Crippen LogP contribution in [0.4, 0.5) is 5.69 Å². The van der Waals surface area contributed by atoms with E-state index in [0.717, 1.165) is 21.9 Å². The van der Waals surface area contributed by atoms with Gasteiger partial charge >= 0.3 is 0 Å². The number of anilines is 1. The normalized spacial score (nSPS) is 10.2. The molecule has 0 saturated heterocycles. The van der Waals surface area contributed by atoms with Crippen molar-refractivity contribution in [2.45, 2.75) is 13.5 Å². The molecule has 0 saturated carbocycles. The Bertz CT molecular complexity index is 525. The van der Waals surface area contributed by atoms with Crippen molar-refractivity contribution in [3.63, 3.8) is 0 Å². The molecular weight excluding hydrogens is 234 g/mol. The van der Waals surface area contributed by atoms with Crippen molar-refractivity contribution in [3.05, 3.63) is 58.6 Å². The highest BCUT2D eigenvalue weighted by Crippen LogP contribution is 2.22. The number of halogens is 1. The molecule has 17 heavy (non-hydrogen) atoms. The first-order valence-corrected chi connectivity index (χ1v) is 5.76.